The van der Waals surface area contributed by atoms with E-state index in [1.807, 2.05) is 6.07 Å². The minimum atomic E-state index is -3.68. The van der Waals surface area contributed by atoms with Crippen molar-refractivity contribution in [1.29, 1.82) is 5.26 Å². The maximum atomic E-state index is 12.1. The van der Waals surface area contributed by atoms with Crippen LogP contribution in [0.25, 0.3) is 10.9 Å². The number of anilines is 1. The highest BCUT2D eigenvalue weighted by molar-refractivity contribution is 7.94. The molecule has 0 atom stereocenters. The number of aromatic nitrogens is 3. The Morgan fingerprint density at radius 2 is 2.25 bits per heavy atom. The van der Waals surface area contributed by atoms with Crippen molar-refractivity contribution in [3.05, 3.63) is 35.6 Å². The van der Waals surface area contributed by atoms with Crippen LogP contribution in [0.2, 0.25) is 0 Å². The first-order chi connectivity index (χ1) is 9.62. The summed E-state index contributed by atoms with van der Waals surface area (Å²) in [5.41, 5.74) is 2.47. The van der Waals surface area contributed by atoms with Gasteiger partial charge in [-0.3, -0.25) is 14.8 Å². The first kappa shape index (κ1) is 12.6. The number of benzene rings is 1. The van der Waals surface area contributed by atoms with Gasteiger partial charge in [0.1, 0.15) is 6.07 Å². The van der Waals surface area contributed by atoms with Gasteiger partial charge in [-0.15, -0.1) is 11.3 Å². The Morgan fingerprint density at radius 3 is 2.95 bits per heavy atom. The summed E-state index contributed by atoms with van der Waals surface area (Å²) in [5, 5.41) is 16.0. The molecule has 0 amide bonds. The van der Waals surface area contributed by atoms with E-state index in [0.29, 0.717) is 16.6 Å². The van der Waals surface area contributed by atoms with Crippen LogP contribution in [0.4, 0.5) is 5.69 Å². The van der Waals surface area contributed by atoms with Crippen LogP contribution in [-0.4, -0.2) is 23.6 Å². The van der Waals surface area contributed by atoms with Gasteiger partial charge in [-0.1, -0.05) is 6.07 Å². The van der Waals surface area contributed by atoms with E-state index in [-0.39, 0.29) is 9.90 Å². The quantitative estimate of drug-likeness (QED) is 0.764. The Kier molecular flexibility index (Phi) is 2.89. The molecule has 0 aliphatic heterocycles. The standard InChI is InChI=1S/C11H7N5O2S2/c12-4-9-7-2-1-3-8(11(7)15-14-9)16-20(17,18)10-5-13-6-19-10/h1-3,5-6,16H,(H,14,15). The fourth-order valence-corrected chi connectivity index (χ4v) is 3.61. The summed E-state index contributed by atoms with van der Waals surface area (Å²) in [6.45, 7) is 0. The van der Waals surface area contributed by atoms with Gasteiger partial charge in [0, 0.05) is 5.39 Å². The topological polar surface area (TPSA) is 112 Å². The summed E-state index contributed by atoms with van der Waals surface area (Å²) < 4.78 is 26.9. The molecule has 9 heteroatoms. The summed E-state index contributed by atoms with van der Waals surface area (Å²) >= 11 is 1.02. The number of hydrogen-bond acceptors (Lipinski definition) is 6. The predicted octanol–water partition coefficient (Wildman–Crippen LogP) is 1.69. The lowest BCUT2D eigenvalue weighted by molar-refractivity contribution is 0.603. The molecule has 7 nitrogen and oxygen atoms in total. The predicted molar refractivity (Wildman–Crippen MR) is 73.7 cm³/mol. The number of thiazole rings is 1. The molecule has 0 saturated heterocycles. The molecule has 3 aromatic rings. The van der Waals surface area contributed by atoms with Gasteiger partial charge in [-0.25, -0.2) is 8.42 Å². The number of hydrogen-bond donors (Lipinski definition) is 2. The van der Waals surface area contributed by atoms with Crippen LogP contribution in [0.1, 0.15) is 5.69 Å². The number of nitriles is 1. The smallest absolute Gasteiger partial charge is 0.273 e. The molecule has 0 fully saturated rings. The Balaban J connectivity index is 2.09. The third-order valence-corrected chi connectivity index (χ3v) is 5.26. The van der Waals surface area contributed by atoms with Crippen LogP contribution in [-0.2, 0) is 10.0 Å². The second-order valence-corrected chi connectivity index (χ2v) is 6.63. The molecular formula is C11H7N5O2S2. The van der Waals surface area contributed by atoms with Crippen molar-refractivity contribution in [2.45, 2.75) is 4.21 Å². The Hall–Kier alpha value is -2.44. The van der Waals surface area contributed by atoms with Crippen molar-refractivity contribution >= 4 is 38.0 Å². The lowest BCUT2D eigenvalue weighted by atomic mass is 10.2. The van der Waals surface area contributed by atoms with Gasteiger partial charge < -0.3 is 0 Å². The van der Waals surface area contributed by atoms with Crippen LogP contribution in [0, 0.1) is 11.3 Å². The van der Waals surface area contributed by atoms with Crippen molar-refractivity contribution in [3.8, 4) is 6.07 Å². The van der Waals surface area contributed by atoms with Crippen LogP contribution in [0.5, 0.6) is 0 Å². The number of rotatable bonds is 3. The van der Waals surface area contributed by atoms with Gasteiger partial charge in [-0.2, -0.15) is 10.4 Å². The minimum Gasteiger partial charge on any atom is -0.277 e. The number of fused-ring (bicyclic) bond motifs is 1. The lowest BCUT2D eigenvalue weighted by Crippen LogP contribution is -2.11. The molecule has 0 saturated carbocycles. The van der Waals surface area contributed by atoms with E-state index in [4.69, 9.17) is 5.26 Å². The molecule has 0 spiro atoms. The fraction of sp³-hybridized carbons (Fsp3) is 0. The second kappa shape index (κ2) is 4.59. The number of nitrogens with one attached hydrogen (secondary N) is 2. The van der Waals surface area contributed by atoms with E-state index in [0.717, 1.165) is 11.3 Å². The highest BCUT2D eigenvalue weighted by atomic mass is 32.2. The maximum Gasteiger partial charge on any atom is 0.273 e. The van der Waals surface area contributed by atoms with Crippen LogP contribution < -0.4 is 4.72 Å². The summed E-state index contributed by atoms with van der Waals surface area (Å²) in [7, 11) is -3.68. The van der Waals surface area contributed by atoms with Crippen LogP contribution >= 0.6 is 11.3 Å². The zero-order valence-electron chi connectivity index (χ0n) is 9.86. The van der Waals surface area contributed by atoms with Crippen molar-refractivity contribution in [2.24, 2.45) is 0 Å². The molecule has 20 heavy (non-hydrogen) atoms. The summed E-state index contributed by atoms with van der Waals surface area (Å²) in [6.07, 6.45) is 1.28. The molecule has 2 aromatic heterocycles. The average molecular weight is 305 g/mol. The third-order valence-electron chi connectivity index (χ3n) is 2.62. The molecule has 0 aliphatic rings. The number of H-pyrrole nitrogens is 1. The molecule has 2 heterocycles. The molecular weight excluding hydrogens is 298 g/mol. The summed E-state index contributed by atoms with van der Waals surface area (Å²) in [4.78, 5) is 3.75. The zero-order valence-corrected chi connectivity index (χ0v) is 11.5. The molecule has 2 N–H and O–H groups in total. The normalized spacial score (nSPS) is 11.3. The monoisotopic (exact) mass is 305 g/mol. The van der Waals surface area contributed by atoms with Gasteiger partial charge in [0.25, 0.3) is 10.0 Å². The summed E-state index contributed by atoms with van der Waals surface area (Å²) in [6, 6.07) is 6.89. The zero-order chi connectivity index (χ0) is 14.2. The van der Waals surface area contributed by atoms with E-state index < -0.39 is 10.0 Å². The van der Waals surface area contributed by atoms with E-state index in [1.54, 1.807) is 18.2 Å². The first-order valence-electron chi connectivity index (χ1n) is 5.40. The van der Waals surface area contributed by atoms with Gasteiger partial charge in [0.2, 0.25) is 0 Å². The molecule has 3 rings (SSSR count). The Morgan fingerprint density at radius 1 is 1.40 bits per heavy atom. The highest BCUT2D eigenvalue weighted by Crippen LogP contribution is 2.26. The SMILES string of the molecule is N#Cc1n[nH]c2c(NS(=O)(=O)c3cncs3)cccc12. The van der Waals surface area contributed by atoms with E-state index >= 15 is 0 Å². The molecule has 100 valence electrons. The number of nitrogens with zero attached hydrogens (tertiary/aromatic N) is 3. The van der Waals surface area contributed by atoms with Gasteiger partial charge in [0.15, 0.2) is 9.90 Å². The first-order valence-corrected chi connectivity index (χ1v) is 7.76. The van der Waals surface area contributed by atoms with Gasteiger partial charge in [0.05, 0.1) is 22.9 Å². The molecule has 0 aliphatic carbocycles. The average Bonchev–Trinajstić information content (AvgIpc) is 3.08. The molecule has 0 radical (unpaired) electrons. The van der Waals surface area contributed by atoms with Crippen molar-refractivity contribution < 1.29 is 8.42 Å². The highest BCUT2D eigenvalue weighted by Gasteiger charge is 2.18. The van der Waals surface area contributed by atoms with Crippen LogP contribution in [0.3, 0.4) is 0 Å². The third kappa shape index (κ3) is 2.01. The van der Waals surface area contributed by atoms with Gasteiger partial charge >= 0.3 is 0 Å². The Labute approximate surface area is 117 Å². The molecule has 0 bridgehead atoms. The van der Waals surface area contributed by atoms with Crippen LogP contribution in [0.15, 0.2) is 34.1 Å². The summed E-state index contributed by atoms with van der Waals surface area (Å²) in [5.74, 6) is 0. The number of aromatic amines is 1. The van der Waals surface area contributed by atoms with Crippen molar-refractivity contribution in [2.75, 3.05) is 4.72 Å². The van der Waals surface area contributed by atoms with E-state index in [9.17, 15) is 8.42 Å². The lowest BCUT2D eigenvalue weighted by Gasteiger charge is -2.06. The second-order valence-electron chi connectivity index (χ2n) is 3.84. The fourth-order valence-electron chi connectivity index (χ4n) is 1.74. The largest absolute Gasteiger partial charge is 0.277 e. The van der Waals surface area contributed by atoms with Gasteiger partial charge in [-0.05, 0) is 12.1 Å². The Bertz CT molecular complexity index is 906. The number of para-hydroxylation sites is 1. The van der Waals surface area contributed by atoms with E-state index in [1.165, 1.54) is 11.7 Å². The minimum absolute atomic E-state index is 0.120. The van der Waals surface area contributed by atoms with E-state index in [2.05, 4.69) is 19.9 Å². The van der Waals surface area contributed by atoms with Crippen molar-refractivity contribution in [1.82, 2.24) is 15.2 Å². The maximum absolute atomic E-state index is 12.1. The van der Waals surface area contributed by atoms with Crippen molar-refractivity contribution in [3.63, 3.8) is 0 Å². The molecule has 1 aromatic carbocycles. The molecule has 0 unspecified atom stereocenters. The number of sulfonamides is 1.